The molecule has 8 heteroatoms. The van der Waals surface area contributed by atoms with Crippen LogP contribution in [0.3, 0.4) is 0 Å². The van der Waals surface area contributed by atoms with Crippen LogP contribution in [0.4, 0.5) is 17.2 Å². The van der Waals surface area contributed by atoms with E-state index < -0.39 is 0 Å². The van der Waals surface area contributed by atoms with E-state index in [4.69, 9.17) is 4.74 Å². The fourth-order valence-corrected chi connectivity index (χ4v) is 3.11. The average Bonchev–Trinajstić information content (AvgIpc) is 2.69. The number of hydrogen-bond acceptors (Lipinski definition) is 6. The molecule has 154 valence electrons. The highest BCUT2D eigenvalue weighted by molar-refractivity contribution is 5.94. The largest absolute Gasteiger partial charge is 0.378 e. The molecule has 2 aromatic rings. The monoisotopic (exact) mass is 397 g/mol. The smallest absolute Gasteiger partial charge is 0.239 e. The van der Waals surface area contributed by atoms with Gasteiger partial charge in [0.1, 0.15) is 5.82 Å². The zero-order valence-corrected chi connectivity index (χ0v) is 16.9. The van der Waals surface area contributed by atoms with E-state index in [2.05, 4.69) is 20.5 Å². The van der Waals surface area contributed by atoms with Crippen LogP contribution < -0.4 is 15.5 Å². The predicted molar refractivity (Wildman–Crippen MR) is 113 cm³/mol. The molecule has 0 radical (unpaired) electrons. The van der Waals surface area contributed by atoms with Crippen molar-refractivity contribution in [1.82, 2.24) is 9.88 Å². The lowest BCUT2D eigenvalue weighted by Gasteiger charge is -2.28. The molecule has 1 aliphatic rings. The van der Waals surface area contributed by atoms with Crippen molar-refractivity contribution < 1.29 is 14.3 Å². The number of carbonyl (C=O) groups excluding carboxylic acids is 2. The molecule has 1 saturated heterocycles. The second kappa shape index (κ2) is 9.99. The van der Waals surface area contributed by atoms with Crippen LogP contribution in [-0.2, 0) is 14.3 Å². The number of benzene rings is 1. The van der Waals surface area contributed by atoms with E-state index in [9.17, 15) is 9.59 Å². The third kappa shape index (κ3) is 6.55. The van der Waals surface area contributed by atoms with Gasteiger partial charge in [0.15, 0.2) is 0 Å². The summed E-state index contributed by atoms with van der Waals surface area (Å²) in [5.41, 5.74) is 2.86. The van der Waals surface area contributed by atoms with E-state index in [0.717, 1.165) is 43.2 Å². The normalized spacial score (nSPS) is 14.0. The molecule has 2 heterocycles. The first-order valence-corrected chi connectivity index (χ1v) is 9.63. The second-order valence-electron chi connectivity index (χ2n) is 7.13. The van der Waals surface area contributed by atoms with Gasteiger partial charge in [-0.2, -0.15) is 0 Å². The molecular formula is C21H27N5O3. The van der Waals surface area contributed by atoms with Crippen LogP contribution in [0.1, 0.15) is 5.56 Å². The van der Waals surface area contributed by atoms with E-state index >= 15 is 0 Å². The molecular weight excluding hydrogens is 370 g/mol. The minimum atomic E-state index is -0.215. The third-order valence-corrected chi connectivity index (χ3v) is 4.54. The van der Waals surface area contributed by atoms with Crippen LogP contribution in [0, 0.1) is 6.92 Å². The molecule has 1 fully saturated rings. The molecule has 0 saturated carbocycles. The van der Waals surface area contributed by atoms with Gasteiger partial charge in [0.25, 0.3) is 0 Å². The molecule has 1 aliphatic heterocycles. The Hall–Kier alpha value is -2.97. The van der Waals surface area contributed by atoms with Gasteiger partial charge >= 0.3 is 0 Å². The Morgan fingerprint density at radius 3 is 2.38 bits per heavy atom. The summed E-state index contributed by atoms with van der Waals surface area (Å²) in [5.74, 6) is 0.120. The van der Waals surface area contributed by atoms with Gasteiger partial charge in [0.05, 0.1) is 26.3 Å². The van der Waals surface area contributed by atoms with Crippen LogP contribution in [0.5, 0.6) is 0 Å². The molecule has 2 amide bonds. The summed E-state index contributed by atoms with van der Waals surface area (Å²) in [6.07, 6.45) is 1.65. The van der Waals surface area contributed by atoms with Crippen molar-refractivity contribution in [3.63, 3.8) is 0 Å². The third-order valence-electron chi connectivity index (χ3n) is 4.54. The fraction of sp³-hybridized carbons (Fsp3) is 0.381. The van der Waals surface area contributed by atoms with E-state index in [-0.39, 0.29) is 24.9 Å². The summed E-state index contributed by atoms with van der Waals surface area (Å²) in [7, 11) is 1.73. The van der Waals surface area contributed by atoms with Crippen LogP contribution >= 0.6 is 0 Å². The average molecular weight is 397 g/mol. The number of pyridine rings is 1. The molecule has 0 bridgehead atoms. The number of aryl methyl sites for hydroxylation is 1. The maximum atomic E-state index is 12.3. The van der Waals surface area contributed by atoms with Gasteiger partial charge in [-0.15, -0.1) is 0 Å². The minimum Gasteiger partial charge on any atom is -0.378 e. The van der Waals surface area contributed by atoms with Gasteiger partial charge in [-0.25, -0.2) is 4.98 Å². The van der Waals surface area contributed by atoms with Crippen molar-refractivity contribution in [2.45, 2.75) is 6.92 Å². The maximum Gasteiger partial charge on any atom is 0.239 e. The quantitative estimate of drug-likeness (QED) is 0.740. The lowest BCUT2D eigenvalue weighted by Crippen LogP contribution is -2.36. The van der Waals surface area contributed by atoms with Crippen molar-refractivity contribution in [3.8, 4) is 0 Å². The number of aromatic nitrogens is 1. The molecule has 0 aliphatic carbocycles. The van der Waals surface area contributed by atoms with Crippen molar-refractivity contribution in [3.05, 3.63) is 48.2 Å². The van der Waals surface area contributed by atoms with Gasteiger partial charge in [-0.3, -0.25) is 14.5 Å². The van der Waals surface area contributed by atoms with Gasteiger partial charge < -0.3 is 20.3 Å². The molecule has 0 atom stereocenters. The standard InChI is InChI=1S/C21H27N5O3/c1-16-7-8-22-19(13-16)24-21(28)15-25(2)14-20(27)23-17-3-5-18(6-4-17)26-9-11-29-12-10-26/h3-8,13H,9-12,14-15H2,1-2H3,(H,23,27)(H,22,24,28). The number of hydrogen-bond donors (Lipinski definition) is 2. The minimum absolute atomic E-state index is 0.0962. The summed E-state index contributed by atoms with van der Waals surface area (Å²) < 4.78 is 5.37. The number of rotatable bonds is 7. The van der Waals surface area contributed by atoms with Gasteiger partial charge in [0.2, 0.25) is 11.8 Å². The van der Waals surface area contributed by atoms with Crippen LogP contribution in [0.15, 0.2) is 42.6 Å². The topological polar surface area (TPSA) is 86.8 Å². The van der Waals surface area contributed by atoms with E-state index in [0.29, 0.717) is 5.82 Å². The fourth-order valence-electron chi connectivity index (χ4n) is 3.11. The summed E-state index contributed by atoms with van der Waals surface area (Å²) in [5, 5.41) is 5.60. The molecule has 3 rings (SSSR count). The van der Waals surface area contributed by atoms with Crippen molar-refractivity contribution >= 4 is 29.0 Å². The van der Waals surface area contributed by atoms with Crippen molar-refractivity contribution in [1.29, 1.82) is 0 Å². The second-order valence-corrected chi connectivity index (χ2v) is 7.13. The number of nitrogens with one attached hydrogen (secondary N) is 2. The first-order chi connectivity index (χ1) is 14.0. The molecule has 1 aromatic carbocycles. The molecule has 8 nitrogen and oxygen atoms in total. The van der Waals surface area contributed by atoms with E-state index in [1.807, 2.05) is 37.3 Å². The Balaban J connectivity index is 1.44. The lowest BCUT2D eigenvalue weighted by atomic mass is 10.2. The van der Waals surface area contributed by atoms with E-state index in [1.165, 1.54) is 0 Å². The highest BCUT2D eigenvalue weighted by atomic mass is 16.5. The molecule has 29 heavy (non-hydrogen) atoms. The number of amides is 2. The number of nitrogens with zero attached hydrogens (tertiary/aromatic N) is 3. The Morgan fingerprint density at radius 1 is 1.07 bits per heavy atom. The Morgan fingerprint density at radius 2 is 1.72 bits per heavy atom. The van der Waals surface area contributed by atoms with Crippen LogP contribution in [0.2, 0.25) is 0 Å². The zero-order chi connectivity index (χ0) is 20.6. The number of carbonyl (C=O) groups is 2. The summed E-state index contributed by atoms with van der Waals surface area (Å²) in [4.78, 5) is 32.4. The molecule has 2 N–H and O–H groups in total. The Labute approximate surface area is 170 Å². The number of anilines is 3. The number of ether oxygens (including phenoxy) is 1. The highest BCUT2D eigenvalue weighted by Crippen LogP contribution is 2.19. The molecule has 0 spiro atoms. The van der Waals surface area contributed by atoms with Gasteiger partial charge in [-0.1, -0.05) is 0 Å². The predicted octanol–water partition coefficient (Wildman–Crippen LogP) is 1.74. The Bertz CT molecular complexity index is 834. The van der Waals surface area contributed by atoms with Crippen LogP contribution in [-0.4, -0.2) is 68.1 Å². The highest BCUT2D eigenvalue weighted by Gasteiger charge is 2.13. The number of morpholine rings is 1. The number of likely N-dealkylation sites (N-methyl/N-ethyl adjacent to an activating group) is 1. The SMILES string of the molecule is Cc1ccnc(NC(=O)CN(C)CC(=O)Nc2ccc(N3CCOCC3)cc2)c1. The van der Waals surface area contributed by atoms with Gasteiger partial charge in [0, 0.05) is 30.7 Å². The van der Waals surface area contributed by atoms with Crippen LogP contribution in [0.25, 0.3) is 0 Å². The van der Waals surface area contributed by atoms with Crippen molar-refractivity contribution in [2.75, 3.05) is 62.0 Å². The van der Waals surface area contributed by atoms with Crippen molar-refractivity contribution in [2.24, 2.45) is 0 Å². The zero-order valence-electron chi connectivity index (χ0n) is 16.9. The first-order valence-electron chi connectivity index (χ1n) is 9.63. The molecule has 1 aromatic heterocycles. The lowest BCUT2D eigenvalue weighted by molar-refractivity contribution is -0.119. The summed E-state index contributed by atoms with van der Waals surface area (Å²) in [6.45, 7) is 5.35. The van der Waals surface area contributed by atoms with Gasteiger partial charge in [-0.05, 0) is 55.9 Å². The molecule has 0 unspecified atom stereocenters. The Kier molecular flexibility index (Phi) is 7.15. The van der Waals surface area contributed by atoms with E-state index in [1.54, 1.807) is 24.2 Å². The summed E-state index contributed by atoms with van der Waals surface area (Å²) >= 11 is 0. The summed E-state index contributed by atoms with van der Waals surface area (Å²) in [6, 6.07) is 11.4. The maximum absolute atomic E-state index is 12.3. The first kappa shape index (κ1) is 20.8.